The van der Waals surface area contributed by atoms with Crippen molar-refractivity contribution in [3.63, 3.8) is 0 Å². The molecule has 1 aromatic carbocycles. The molecule has 0 amide bonds. The molecule has 1 aromatic rings. The van der Waals surface area contributed by atoms with Gasteiger partial charge in [0.2, 0.25) is 0 Å². The Morgan fingerprint density at radius 3 is 2.67 bits per heavy atom. The molecule has 0 fully saturated rings. The Kier molecular flexibility index (Phi) is 2.27. The van der Waals surface area contributed by atoms with Crippen LogP contribution in [0.4, 0.5) is 0 Å². The molecule has 15 heavy (non-hydrogen) atoms. The monoisotopic (exact) mass is 205 g/mol. The first kappa shape index (κ1) is 10.5. The van der Waals surface area contributed by atoms with E-state index in [2.05, 4.69) is 32.9 Å². The van der Waals surface area contributed by atoms with Gasteiger partial charge in [0.25, 0.3) is 0 Å². The van der Waals surface area contributed by atoms with E-state index in [0.717, 1.165) is 12.2 Å². The van der Waals surface area contributed by atoms with Gasteiger partial charge in [-0.2, -0.15) is 0 Å². The molecule has 0 aliphatic carbocycles. The molecular weight excluding hydrogens is 186 g/mol. The molecule has 2 heteroatoms. The molecule has 1 heterocycles. The zero-order chi connectivity index (χ0) is 11.2. The molecule has 0 aromatic heterocycles. The fourth-order valence-electron chi connectivity index (χ4n) is 2.32. The van der Waals surface area contributed by atoms with Crippen molar-refractivity contribution in [2.75, 3.05) is 0 Å². The minimum absolute atomic E-state index is 0.0659. The van der Waals surface area contributed by atoms with Crippen LogP contribution in [-0.4, -0.2) is 5.60 Å². The minimum Gasteiger partial charge on any atom is -0.487 e. The first-order valence-electron chi connectivity index (χ1n) is 5.48. The van der Waals surface area contributed by atoms with E-state index < -0.39 is 0 Å². The predicted octanol–water partition coefficient (Wildman–Crippen LogP) is 2.73. The zero-order valence-electron chi connectivity index (χ0n) is 9.92. The Labute approximate surface area is 91.4 Å². The normalized spacial score (nSPS) is 19.5. The first-order valence-corrected chi connectivity index (χ1v) is 5.48. The van der Waals surface area contributed by atoms with E-state index in [4.69, 9.17) is 10.5 Å². The minimum atomic E-state index is -0.0659. The highest BCUT2D eigenvalue weighted by Gasteiger charge is 2.31. The van der Waals surface area contributed by atoms with Crippen LogP contribution in [0.25, 0.3) is 0 Å². The van der Waals surface area contributed by atoms with Gasteiger partial charge in [0.05, 0.1) is 0 Å². The van der Waals surface area contributed by atoms with Crippen LogP contribution in [0, 0.1) is 6.92 Å². The van der Waals surface area contributed by atoms with Gasteiger partial charge >= 0.3 is 0 Å². The molecule has 2 N–H and O–H groups in total. The lowest BCUT2D eigenvalue weighted by Crippen LogP contribution is -2.24. The lowest BCUT2D eigenvalue weighted by molar-refractivity contribution is 0.138. The van der Waals surface area contributed by atoms with Crippen molar-refractivity contribution >= 4 is 0 Å². The van der Waals surface area contributed by atoms with E-state index in [1.807, 2.05) is 6.92 Å². The van der Waals surface area contributed by atoms with E-state index in [0.29, 0.717) is 0 Å². The third-order valence-corrected chi connectivity index (χ3v) is 3.08. The largest absolute Gasteiger partial charge is 0.487 e. The molecule has 0 spiro atoms. The smallest absolute Gasteiger partial charge is 0.123 e. The molecule has 0 bridgehead atoms. The third kappa shape index (κ3) is 1.74. The van der Waals surface area contributed by atoms with Gasteiger partial charge in [-0.15, -0.1) is 0 Å². The van der Waals surface area contributed by atoms with Gasteiger partial charge in [0, 0.05) is 18.0 Å². The van der Waals surface area contributed by atoms with Gasteiger partial charge in [-0.25, -0.2) is 0 Å². The maximum absolute atomic E-state index is 5.94. The first-order chi connectivity index (χ1) is 6.91. The van der Waals surface area contributed by atoms with Gasteiger partial charge in [0.15, 0.2) is 0 Å². The van der Waals surface area contributed by atoms with Crippen molar-refractivity contribution in [3.05, 3.63) is 28.8 Å². The van der Waals surface area contributed by atoms with Crippen molar-refractivity contribution in [3.8, 4) is 5.75 Å². The lowest BCUT2D eigenvalue weighted by Gasteiger charge is -2.16. The number of ether oxygens (including phenoxy) is 1. The van der Waals surface area contributed by atoms with Crippen LogP contribution in [0.5, 0.6) is 5.75 Å². The highest BCUT2D eigenvalue weighted by atomic mass is 16.5. The second-order valence-electron chi connectivity index (χ2n) is 5.08. The van der Waals surface area contributed by atoms with Crippen molar-refractivity contribution in [1.82, 2.24) is 0 Å². The molecular formula is C13H19NO. The molecule has 0 saturated heterocycles. The van der Waals surface area contributed by atoms with Crippen LogP contribution in [0.3, 0.4) is 0 Å². The molecule has 0 saturated carbocycles. The van der Waals surface area contributed by atoms with Crippen LogP contribution in [0.15, 0.2) is 12.1 Å². The van der Waals surface area contributed by atoms with Gasteiger partial charge < -0.3 is 10.5 Å². The molecule has 1 aliphatic heterocycles. The molecule has 1 aliphatic rings. The van der Waals surface area contributed by atoms with Crippen molar-refractivity contribution in [1.29, 1.82) is 0 Å². The van der Waals surface area contributed by atoms with Crippen LogP contribution in [0.1, 0.15) is 43.5 Å². The topological polar surface area (TPSA) is 35.2 Å². The summed E-state index contributed by atoms with van der Waals surface area (Å²) in [6.45, 7) is 8.41. The van der Waals surface area contributed by atoms with Gasteiger partial charge in [-0.05, 0) is 44.9 Å². The Balaban J connectivity index is 2.49. The van der Waals surface area contributed by atoms with Crippen LogP contribution in [-0.2, 0) is 6.42 Å². The SMILES string of the molecule is Cc1c(C(C)N)ccc2c1CC(C)(C)O2. The van der Waals surface area contributed by atoms with Crippen molar-refractivity contribution in [2.24, 2.45) is 5.73 Å². The summed E-state index contributed by atoms with van der Waals surface area (Å²) in [5.74, 6) is 1.03. The number of fused-ring (bicyclic) bond motifs is 1. The number of hydrogen-bond acceptors (Lipinski definition) is 2. The molecule has 1 unspecified atom stereocenters. The molecule has 0 radical (unpaired) electrons. The molecule has 2 rings (SSSR count). The number of rotatable bonds is 1. The summed E-state index contributed by atoms with van der Waals surface area (Å²) >= 11 is 0. The zero-order valence-corrected chi connectivity index (χ0v) is 9.92. The number of nitrogens with two attached hydrogens (primary N) is 1. The highest BCUT2D eigenvalue weighted by molar-refractivity contribution is 5.48. The summed E-state index contributed by atoms with van der Waals surface area (Å²) in [4.78, 5) is 0. The lowest BCUT2D eigenvalue weighted by atomic mass is 9.93. The quantitative estimate of drug-likeness (QED) is 0.765. The van der Waals surface area contributed by atoms with Gasteiger partial charge in [-0.3, -0.25) is 0 Å². The fourth-order valence-corrected chi connectivity index (χ4v) is 2.32. The third-order valence-electron chi connectivity index (χ3n) is 3.08. The van der Waals surface area contributed by atoms with E-state index in [-0.39, 0.29) is 11.6 Å². The van der Waals surface area contributed by atoms with Gasteiger partial charge in [-0.1, -0.05) is 6.07 Å². The van der Waals surface area contributed by atoms with Gasteiger partial charge in [0.1, 0.15) is 11.4 Å². The fraction of sp³-hybridized carbons (Fsp3) is 0.538. The highest BCUT2D eigenvalue weighted by Crippen LogP contribution is 2.38. The summed E-state index contributed by atoms with van der Waals surface area (Å²) in [6, 6.07) is 4.23. The van der Waals surface area contributed by atoms with Crippen molar-refractivity contribution < 1.29 is 4.74 Å². The van der Waals surface area contributed by atoms with E-state index >= 15 is 0 Å². The average molecular weight is 205 g/mol. The Bertz CT molecular complexity index is 394. The second-order valence-corrected chi connectivity index (χ2v) is 5.08. The van der Waals surface area contributed by atoms with E-state index in [1.54, 1.807) is 0 Å². The summed E-state index contributed by atoms with van der Waals surface area (Å²) in [5.41, 5.74) is 9.73. The predicted molar refractivity (Wildman–Crippen MR) is 62.2 cm³/mol. The Morgan fingerprint density at radius 2 is 2.07 bits per heavy atom. The Morgan fingerprint density at radius 1 is 1.40 bits per heavy atom. The Hall–Kier alpha value is -1.02. The molecule has 82 valence electrons. The summed E-state index contributed by atoms with van der Waals surface area (Å²) < 4.78 is 5.87. The van der Waals surface area contributed by atoms with E-state index in [9.17, 15) is 0 Å². The summed E-state index contributed by atoms with van der Waals surface area (Å²) in [5, 5.41) is 0. The van der Waals surface area contributed by atoms with Crippen LogP contribution in [0.2, 0.25) is 0 Å². The number of hydrogen-bond donors (Lipinski definition) is 1. The van der Waals surface area contributed by atoms with E-state index in [1.165, 1.54) is 16.7 Å². The number of benzene rings is 1. The summed E-state index contributed by atoms with van der Waals surface area (Å²) in [7, 11) is 0. The average Bonchev–Trinajstić information content (AvgIpc) is 2.40. The summed E-state index contributed by atoms with van der Waals surface area (Å²) in [6.07, 6.45) is 0.981. The van der Waals surface area contributed by atoms with Crippen molar-refractivity contribution in [2.45, 2.75) is 45.8 Å². The second kappa shape index (κ2) is 3.24. The molecule has 2 nitrogen and oxygen atoms in total. The van der Waals surface area contributed by atoms with Crippen LogP contribution < -0.4 is 10.5 Å². The maximum Gasteiger partial charge on any atom is 0.123 e. The standard InChI is InChI=1S/C13H19NO/c1-8-10(9(2)14)5-6-12-11(8)7-13(3,4)15-12/h5-6,9H,7,14H2,1-4H3. The van der Waals surface area contributed by atoms with Crippen LogP contribution >= 0.6 is 0 Å². The molecule has 1 atom stereocenters. The maximum atomic E-state index is 5.94.